The van der Waals surface area contributed by atoms with Crippen molar-refractivity contribution in [3.63, 3.8) is 0 Å². The Kier molecular flexibility index (Phi) is 6.54. The highest BCUT2D eigenvalue weighted by Crippen LogP contribution is 2.23. The van der Waals surface area contributed by atoms with Gasteiger partial charge in [0.2, 0.25) is 0 Å². The first kappa shape index (κ1) is 19.5. The van der Waals surface area contributed by atoms with Crippen molar-refractivity contribution < 1.29 is 14.3 Å². The molecule has 1 aromatic carbocycles. The SMILES string of the molecule is C[C@@H](OC(=O)CCCc1c[nH]c2ccccc12)C(=O)N(C)C1CCCCC1. The van der Waals surface area contributed by atoms with Gasteiger partial charge >= 0.3 is 5.97 Å². The number of aryl methyl sites for hydroxylation is 1. The Hall–Kier alpha value is -2.30. The minimum atomic E-state index is -0.711. The molecule has 1 fully saturated rings. The number of nitrogens with one attached hydrogen (secondary N) is 1. The Labute approximate surface area is 161 Å². The van der Waals surface area contributed by atoms with E-state index in [1.807, 2.05) is 31.4 Å². The average molecular weight is 370 g/mol. The number of aromatic amines is 1. The third-order valence-electron chi connectivity index (χ3n) is 5.63. The quantitative estimate of drug-likeness (QED) is 0.743. The fourth-order valence-corrected chi connectivity index (χ4v) is 4.00. The summed E-state index contributed by atoms with van der Waals surface area (Å²) in [7, 11) is 1.83. The second kappa shape index (κ2) is 9.07. The predicted molar refractivity (Wildman–Crippen MR) is 106 cm³/mol. The van der Waals surface area contributed by atoms with Crippen molar-refractivity contribution >= 4 is 22.8 Å². The zero-order chi connectivity index (χ0) is 19.2. The molecule has 0 aliphatic heterocycles. The molecule has 1 aliphatic carbocycles. The lowest BCUT2D eigenvalue weighted by Crippen LogP contribution is -2.44. The predicted octanol–water partition coefficient (Wildman–Crippen LogP) is 4.21. The highest BCUT2D eigenvalue weighted by Gasteiger charge is 2.27. The molecule has 1 N–H and O–H groups in total. The van der Waals surface area contributed by atoms with Crippen molar-refractivity contribution in [2.45, 2.75) is 70.4 Å². The molecule has 0 saturated heterocycles. The minimum Gasteiger partial charge on any atom is -0.453 e. The van der Waals surface area contributed by atoms with Gasteiger partial charge in [0, 0.05) is 36.6 Å². The second-order valence-electron chi connectivity index (χ2n) is 7.59. The van der Waals surface area contributed by atoms with E-state index in [9.17, 15) is 9.59 Å². The molecule has 1 heterocycles. The van der Waals surface area contributed by atoms with Crippen molar-refractivity contribution in [1.29, 1.82) is 0 Å². The molecular weight excluding hydrogens is 340 g/mol. The lowest BCUT2D eigenvalue weighted by Gasteiger charge is -2.32. The molecule has 1 amide bonds. The summed E-state index contributed by atoms with van der Waals surface area (Å²) in [5.41, 5.74) is 2.32. The Bertz CT molecular complexity index is 777. The maximum Gasteiger partial charge on any atom is 0.306 e. The number of carbonyl (C=O) groups excluding carboxylic acids is 2. The lowest BCUT2D eigenvalue weighted by atomic mass is 9.94. The van der Waals surface area contributed by atoms with Gasteiger partial charge in [0.05, 0.1) is 0 Å². The number of hydrogen-bond donors (Lipinski definition) is 1. The fraction of sp³-hybridized carbons (Fsp3) is 0.545. The van der Waals surface area contributed by atoms with Crippen molar-refractivity contribution in [2.24, 2.45) is 0 Å². The van der Waals surface area contributed by atoms with Crippen molar-refractivity contribution in [3.05, 3.63) is 36.0 Å². The summed E-state index contributed by atoms with van der Waals surface area (Å²) in [4.78, 5) is 29.7. The number of likely N-dealkylation sites (N-methyl/N-ethyl adjacent to an activating group) is 1. The van der Waals surface area contributed by atoms with Crippen LogP contribution in [0.4, 0.5) is 0 Å². The maximum absolute atomic E-state index is 12.5. The standard InChI is InChI=1S/C22H30N2O3/c1-16(22(26)24(2)18-10-4-3-5-11-18)27-21(25)14-8-9-17-15-23-20-13-7-6-12-19(17)20/h6-7,12-13,15-16,18,23H,3-5,8-11,14H2,1-2H3/t16-/m1/s1. The number of aromatic nitrogens is 1. The van der Waals surface area contributed by atoms with Gasteiger partial charge < -0.3 is 14.6 Å². The number of esters is 1. The van der Waals surface area contributed by atoms with Crippen LogP contribution in [0.25, 0.3) is 10.9 Å². The third kappa shape index (κ3) is 4.90. The minimum absolute atomic E-state index is 0.0909. The van der Waals surface area contributed by atoms with Crippen LogP contribution >= 0.6 is 0 Å². The molecule has 1 atom stereocenters. The molecule has 5 nitrogen and oxygen atoms in total. The highest BCUT2D eigenvalue weighted by atomic mass is 16.5. The van der Waals surface area contributed by atoms with Gasteiger partial charge in [-0.05, 0) is 44.2 Å². The number of fused-ring (bicyclic) bond motifs is 1. The van der Waals surface area contributed by atoms with Crippen LogP contribution in [0.2, 0.25) is 0 Å². The summed E-state index contributed by atoms with van der Waals surface area (Å²) < 4.78 is 5.39. The molecule has 2 aromatic rings. The first-order valence-corrected chi connectivity index (χ1v) is 10.1. The summed E-state index contributed by atoms with van der Waals surface area (Å²) in [6, 6.07) is 8.44. The van der Waals surface area contributed by atoms with E-state index in [4.69, 9.17) is 4.74 Å². The van der Waals surface area contributed by atoms with Gasteiger partial charge in [-0.15, -0.1) is 0 Å². The van der Waals surface area contributed by atoms with Crippen LogP contribution < -0.4 is 0 Å². The van der Waals surface area contributed by atoms with E-state index < -0.39 is 6.10 Å². The first-order chi connectivity index (χ1) is 13.1. The normalized spacial score (nSPS) is 16.2. The number of hydrogen-bond acceptors (Lipinski definition) is 3. The summed E-state index contributed by atoms with van der Waals surface area (Å²) in [5, 5.41) is 1.20. The second-order valence-corrected chi connectivity index (χ2v) is 7.59. The van der Waals surface area contributed by atoms with Crippen LogP contribution in [0, 0.1) is 0 Å². The number of rotatable bonds is 7. The van der Waals surface area contributed by atoms with Gasteiger partial charge in [0.1, 0.15) is 0 Å². The summed E-state index contributed by atoms with van der Waals surface area (Å²) in [6.45, 7) is 1.68. The number of H-pyrrole nitrogens is 1. The Balaban J connectivity index is 1.43. The zero-order valence-corrected chi connectivity index (χ0v) is 16.4. The van der Waals surface area contributed by atoms with Crippen LogP contribution in [0.5, 0.6) is 0 Å². The van der Waals surface area contributed by atoms with E-state index in [1.54, 1.807) is 11.8 Å². The van der Waals surface area contributed by atoms with E-state index in [-0.39, 0.29) is 17.9 Å². The van der Waals surface area contributed by atoms with Crippen LogP contribution in [-0.4, -0.2) is 41.0 Å². The molecule has 0 bridgehead atoms. The van der Waals surface area contributed by atoms with Crippen LogP contribution in [0.1, 0.15) is 57.4 Å². The summed E-state index contributed by atoms with van der Waals surface area (Å²) in [5.74, 6) is -0.389. The topological polar surface area (TPSA) is 62.4 Å². The molecular formula is C22H30N2O3. The van der Waals surface area contributed by atoms with Gasteiger partial charge in [-0.2, -0.15) is 0 Å². The molecule has 3 rings (SSSR count). The molecule has 1 aromatic heterocycles. The Morgan fingerprint density at radius 1 is 1.22 bits per heavy atom. The van der Waals surface area contributed by atoms with Gasteiger partial charge in [-0.25, -0.2) is 0 Å². The van der Waals surface area contributed by atoms with E-state index >= 15 is 0 Å². The van der Waals surface area contributed by atoms with Crippen molar-refractivity contribution in [3.8, 4) is 0 Å². The first-order valence-electron chi connectivity index (χ1n) is 10.1. The average Bonchev–Trinajstić information content (AvgIpc) is 3.10. The van der Waals surface area contributed by atoms with Gasteiger partial charge in [0.25, 0.3) is 5.91 Å². The summed E-state index contributed by atoms with van der Waals surface area (Å²) in [6.07, 6.45) is 8.82. The maximum atomic E-state index is 12.5. The van der Waals surface area contributed by atoms with Gasteiger partial charge in [-0.1, -0.05) is 37.5 Å². The molecule has 0 unspecified atom stereocenters. The van der Waals surface area contributed by atoms with Crippen LogP contribution in [-0.2, 0) is 20.7 Å². The zero-order valence-electron chi connectivity index (χ0n) is 16.4. The van der Waals surface area contributed by atoms with Gasteiger partial charge in [-0.3, -0.25) is 9.59 Å². The van der Waals surface area contributed by atoms with Crippen molar-refractivity contribution in [1.82, 2.24) is 9.88 Å². The highest BCUT2D eigenvalue weighted by molar-refractivity contribution is 5.84. The number of ether oxygens (including phenoxy) is 1. The number of carbonyl (C=O) groups is 2. The van der Waals surface area contributed by atoms with E-state index in [1.165, 1.54) is 30.2 Å². The lowest BCUT2D eigenvalue weighted by molar-refractivity contribution is -0.159. The van der Waals surface area contributed by atoms with Crippen molar-refractivity contribution in [2.75, 3.05) is 7.05 Å². The molecule has 0 spiro atoms. The Morgan fingerprint density at radius 3 is 2.74 bits per heavy atom. The molecule has 27 heavy (non-hydrogen) atoms. The largest absolute Gasteiger partial charge is 0.453 e. The molecule has 0 radical (unpaired) electrons. The van der Waals surface area contributed by atoms with E-state index in [0.29, 0.717) is 12.8 Å². The van der Waals surface area contributed by atoms with E-state index in [0.717, 1.165) is 24.8 Å². The monoisotopic (exact) mass is 370 g/mol. The Morgan fingerprint density at radius 2 is 1.96 bits per heavy atom. The number of nitrogens with zero attached hydrogens (tertiary/aromatic N) is 1. The van der Waals surface area contributed by atoms with Crippen LogP contribution in [0.15, 0.2) is 30.5 Å². The number of benzene rings is 1. The summed E-state index contributed by atoms with van der Waals surface area (Å²) >= 11 is 0. The third-order valence-corrected chi connectivity index (χ3v) is 5.63. The smallest absolute Gasteiger partial charge is 0.306 e. The van der Waals surface area contributed by atoms with E-state index in [2.05, 4.69) is 11.1 Å². The molecule has 1 aliphatic rings. The number of amides is 1. The molecule has 146 valence electrons. The molecule has 5 heteroatoms. The fourth-order valence-electron chi connectivity index (χ4n) is 4.00. The van der Waals surface area contributed by atoms with Crippen LogP contribution in [0.3, 0.4) is 0 Å². The number of para-hydroxylation sites is 1. The molecule has 1 saturated carbocycles. The van der Waals surface area contributed by atoms with Gasteiger partial charge in [0.15, 0.2) is 6.10 Å².